The standard InChI is InChI=1S/C20H27N3O2S/c1-15-6-7-18(19(13-15)24-3)21-20(26)23(14-17-5-4-12-25-17)16-8-10-22(2)11-9-16/h4-7,12-13,16H,8-11,14H2,1-3H3,(H,21,26). The molecule has 1 aliphatic heterocycles. The zero-order chi connectivity index (χ0) is 18.5. The minimum Gasteiger partial charge on any atom is -0.495 e. The van der Waals surface area contributed by atoms with Crippen molar-refractivity contribution in [3.8, 4) is 5.75 Å². The maximum Gasteiger partial charge on any atom is 0.174 e. The van der Waals surface area contributed by atoms with E-state index in [2.05, 4.69) is 28.2 Å². The number of rotatable bonds is 5. The van der Waals surface area contributed by atoms with Gasteiger partial charge in [-0.25, -0.2) is 0 Å². The minimum absolute atomic E-state index is 0.396. The Kier molecular flexibility index (Phi) is 6.16. The van der Waals surface area contributed by atoms with E-state index >= 15 is 0 Å². The van der Waals surface area contributed by atoms with Crippen LogP contribution in [-0.4, -0.2) is 48.2 Å². The molecule has 26 heavy (non-hydrogen) atoms. The van der Waals surface area contributed by atoms with Crippen molar-refractivity contribution >= 4 is 23.0 Å². The van der Waals surface area contributed by atoms with Crippen LogP contribution in [0.2, 0.25) is 0 Å². The summed E-state index contributed by atoms with van der Waals surface area (Å²) in [5, 5.41) is 4.09. The van der Waals surface area contributed by atoms with Gasteiger partial charge in [0.25, 0.3) is 0 Å². The van der Waals surface area contributed by atoms with Gasteiger partial charge in [-0.15, -0.1) is 0 Å². The van der Waals surface area contributed by atoms with Crippen LogP contribution < -0.4 is 10.1 Å². The molecule has 1 saturated heterocycles. The summed E-state index contributed by atoms with van der Waals surface area (Å²) in [6.07, 6.45) is 3.88. The number of thiocarbonyl (C=S) groups is 1. The lowest BCUT2D eigenvalue weighted by Crippen LogP contribution is -2.47. The number of hydrogen-bond donors (Lipinski definition) is 1. The number of hydrogen-bond acceptors (Lipinski definition) is 4. The van der Waals surface area contributed by atoms with Crippen LogP contribution in [0.4, 0.5) is 5.69 Å². The Morgan fingerprint density at radius 2 is 2.12 bits per heavy atom. The molecule has 1 N–H and O–H groups in total. The van der Waals surface area contributed by atoms with E-state index in [-0.39, 0.29) is 0 Å². The molecule has 1 aromatic carbocycles. The first-order chi connectivity index (χ1) is 12.6. The van der Waals surface area contributed by atoms with Gasteiger partial charge in [-0.05, 0) is 81.9 Å². The van der Waals surface area contributed by atoms with E-state index < -0.39 is 0 Å². The van der Waals surface area contributed by atoms with Gasteiger partial charge in [0, 0.05) is 6.04 Å². The minimum atomic E-state index is 0.396. The van der Waals surface area contributed by atoms with Crippen LogP contribution in [0.5, 0.6) is 5.75 Å². The van der Waals surface area contributed by atoms with E-state index in [0.29, 0.717) is 17.7 Å². The SMILES string of the molecule is COc1cc(C)ccc1NC(=S)N(Cc1ccco1)C1CCN(C)CC1. The second-order valence-corrected chi connectivity index (χ2v) is 7.26. The fraction of sp³-hybridized carbons (Fsp3) is 0.450. The van der Waals surface area contributed by atoms with Crippen molar-refractivity contribution < 1.29 is 9.15 Å². The van der Waals surface area contributed by atoms with Gasteiger partial charge in [0.05, 0.1) is 25.6 Å². The Morgan fingerprint density at radius 3 is 2.77 bits per heavy atom. The molecule has 6 heteroatoms. The maximum atomic E-state index is 5.79. The molecule has 0 amide bonds. The number of benzene rings is 1. The number of likely N-dealkylation sites (tertiary alicyclic amines) is 1. The molecule has 1 fully saturated rings. The fourth-order valence-corrected chi connectivity index (χ4v) is 3.66. The van der Waals surface area contributed by atoms with Gasteiger partial charge in [-0.1, -0.05) is 6.07 Å². The predicted molar refractivity (Wildman–Crippen MR) is 109 cm³/mol. The van der Waals surface area contributed by atoms with Crippen LogP contribution in [0.25, 0.3) is 0 Å². The summed E-state index contributed by atoms with van der Waals surface area (Å²) in [4.78, 5) is 4.61. The molecule has 0 aliphatic carbocycles. The van der Waals surface area contributed by atoms with Crippen LogP contribution in [0.15, 0.2) is 41.0 Å². The van der Waals surface area contributed by atoms with Crippen molar-refractivity contribution in [2.45, 2.75) is 32.4 Å². The first-order valence-electron chi connectivity index (χ1n) is 9.00. The van der Waals surface area contributed by atoms with Crippen molar-refractivity contribution in [3.63, 3.8) is 0 Å². The molecule has 5 nitrogen and oxygen atoms in total. The summed E-state index contributed by atoms with van der Waals surface area (Å²) in [6.45, 7) is 4.87. The highest BCUT2D eigenvalue weighted by Crippen LogP contribution is 2.27. The van der Waals surface area contributed by atoms with Gasteiger partial charge in [0.15, 0.2) is 5.11 Å². The van der Waals surface area contributed by atoms with Crippen molar-refractivity contribution in [1.82, 2.24) is 9.80 Å². The van der Waals surface area contributed by atoms with Crippen molar-refractivity contribution in [2.24, 2.45) is 0 Å². The summed E-state index contributed by atoms with van der Waals surface area (Å²) in [5.74, 6) is 1.72. The van der Waals surface area contributed by atoms with Crippen molar-refractivity contribution in [3.05, 3.63) is 47.9 Å². The van der Waals surface area contributed by atoms with E-state index in [1.54, 1.807) is 13.4 Å². The number of methoxy groups -OCH3 is 1. The zero-order valence-electron chi connectivity index (χ0n) is 15.7. The molecule has 2 aromatic rings. The van der Waals surface area contributed by atoms with Crippen LogP contribution in [0.1, 0.15) is 24.2 Å². The number of nitrogens with zero attached hydrogens (tertiary/aromatic N) is 2. The topological polar surface area (TPSA) is 40.9 Å². The number of ether oxygens (including phenoxy) is 1. The van der Waals surface area contributed by atoms with E-state index in [9.17, 15) is 0 Å². The molecular weight excluding hydrogens is 346 g/mol. The van der Waals surface area contributed by atoms with Crippen molar-refractivity contribution in [2.75, 3.05) is 32.6 Å². The molecule has 1 aromatic heterocycles. The summed E-state index contributed by atoms with van der Waals surface area (Å²) in [5.41, 5.74) is 2.04. The van der Waals surface area contributed by atoms with E-state index in [0.717, 1.165) is 48.7 Å². The summed E-state index contributed by atoms with van der Waals surface area (Å²) in [6, 6.07) is 10.4. The largest absolute Gasteiger partial charge is 0.495 e. The average Bonchev–Trinajstić information content (AvgIpc) is 3.15. The van der Waals surface area contributed by atoms with Gasteiger partial charge in [0.2, 0.25) is 0 Å². The Bertz CT molecular complexity index is 725. The molecule has 0 unspecified atom stereocenters. The summed E-state index contributed by atoms with van der Waals surface area (Å²) >= 11 is 5.79. The van der Waals surface area contributed by atoms with Crippen LogP contribution in [0.3, 0.4) is 0 Å². The monoisotopic (exact) mass is 373 g/mol. The van der Waals surface area contributed by atoms with Gasteiger partial charge in [0.1, 0.15) is 11.5 Å². The van der Waals surface area contributed by atoms with E-state index in [4.69, 9.17) is 21.4 Å². The zero-order valence-corrected chi connectivity index (χ0v) is 16.5. The number of piperidine rings is 1. The van der Waals surface area contributed by atoms with E-state index in [1.165, 1.54) is 0 Å². The molecule has 0 radical (unpaired) electrons. The molecule has 0 atom stereocenters. The summed E-state index contributed by atoms with van der Waals surface area (Å²) < 4.78 is 11.1. The van der Waals surface area contributed by atoms with Crippen LogP contribution in [-0.2, 0) is 6.54 Å². The highest BCUT2D eigenvalue weighted by Gasteiger charge is 2.26. The second-order valence-electron chi connectivity index (χ2n) is 6.88. The second kappa shape index (κ2) is 8.56. The first-order valence-corrected chi connectivity index (χ1v) is 9.41. The number of aryl methyl sites for hydroxylation is 1. The fourth-order valence-electron chi connectivity index (χ4n) is 3.33. The Morgan fingerprint density at radius 1 is 1.35 bits per heavy atom. The lowest BCUT2D eigenvalue weighted by molar-refractivity contribution is 0.168. The third-order valence-corrected chi connectivity index (χ3v) is 5.23. The smallest absolute Gasteiger partial charge is 0.174 e. The molecule has 2 heterocycles. The van der Waals surface area contributed by atoms with Gasteiger partial charge in [-0.2, -0.15) is 0 Å². The highest BCUT2D eigenvalue weighted by atomic mass is 32.1. The Labute approximate surface area is 160 Å². The maximum absolute atomic E-state index is 5.79. The van der Waals surface area contributed by atoms with Crippen LogP contribution in [0, 0.1) is 6.92 Å². The number of anilines is 1. The van der Waals surface area contributed by atoms with Gasteiger partial charge >= 0.3 is 0 Å². The van der Waals surface area contributed by atoms with Crippen LogP contribution >= 0.6 is 12.2 Å². The van der Waals surface area contributed by atoms with Crippen molar-refractivity contribution in [1.29, 1.82) is 0 Å². The molecule has 0 spiro atoms. The lowest BCUT2D eigenvalue weighted by Gasteiger charge is -2.38. The average molecular weight is 374 g/mol. The Balaban J connectivity index is 1.78. The lowest BCUT2D eigenvalue weighted by atomic mass is 10.0. The molecule has 0 saturated carbocycles. The quantitative estimate of drug-likeness (QED) is 0.802. The third kappa shape index (κ3) is 4.56. The molecule has 1 aliphatic rings. The van der Waals surface area contributed by atoms with E-state index in [1.807, 2.05) is 31.2 Å². The van der Waals surface area contributed by atoms with Gasteiger partial charge in [-0.3, -0.25) is 0 Å². The Hall–Kier alpha value is -2.05. The third-order valence-electron chi connectivity index (χ3n) is 4.89. The van der Waals surface area contributed by atoms with Gasteiger partial charge < -0.3 is 24.3 Å². The predicted octanol–water partition coefficient (Wildman–Crippen LogP) is 3.89. The molecule has 140 valence electrons. The highest BCUT2D eigenvalue weighted by molar-refractivity contribution is 7.80. The number of nitrogens with one attached hydrogen (secondary N) is 1. The summed E-state index contributed by atoms with van der Waals surface area (Å²) in [7, 11) is 3.85. The molecule has 0 bridgehead atoms. The molecular formula is C20H27N3O2S. The molecule has 3 rings (SSSR count). The number of furan rings is 1. The first kappa shape index (κ1) is 18.7. The normalized spacial score (nSPS) is 15.7.